The van der Waals surface area contributed by atoms with Crippen molar-refractivity contribution in [1.29, 1.82) is 0 Å². The third kappa shape index (κ3) is 7.76. The van der Waals surface area contributed by atoms with Gasteiger partial charge in [-0.3, -0.25) is 13.9 Å². The van der Waals surface area contributed by atoms with Crippen molar-refractivity contribution in [3.05, 3.63) is 59.7 Å². The second-order valence-corrected chi connectivity index (χ2v) is 10.7. The van der Waals surface area contributed by atoms with Crippen LogP contribution in [0.1, 0.15) is 31.9 Å². The van der Waals surface area contributed by atoms with Gasteiger partial charge in [0.1, 0.15) is 18.3 Å². The van der Waals surface area contributed by atoms with Crippen LogP contribution in [-0.2, 0) is 26.2 Å². The smallest absolute Gasteiger partial charge is 0.244 e. The lowest BCUT2D eigenvalue weighted by Gasteiger charge is -2.31. The Labute approximate surface area is 202 Å². The fraction of sp³-hybridized carbons (Fsp3) is 0.440. The number of benzene rings is 2. The van der Waals surface area contributed by atoms with Gasteiger partial charge in [0.05, 0.1) is 19.1 Å². The summed E-state index contributed by atoms with van der Waals surface area (Å²) in [5.74, 6) is 0.0911. The molecule has 0 aliphatic heterocycles. The highest BCUT2D eigenvalue weighted by Crippen LogP contribution is 2.21. The molecule has 2 aromatic rings. The average molecular weight is 490 g/mol. The van der Waals surface area contributed by atoms with Crippen LogP contribution in [0.5, 0.6) is 5.75 Å². The SMILES string of the molecule is COc1cccc(CN(C(=O)CN(c2cccc(C)c2)S(C)(=O)=O)C(C)C(=O)NCC(C)C)c1. The van der Waals surface area contributed by atoms with Crippen molar-refractivity contribution >= 4 is 27.5 Å². The molecule has 0 saturated heterocycles. The molecule has 0 aliphatic rings. The van der Waals surface area contributed by atoms with Crippen LogP contribution in [0.3, 0.4) is 0 Å². The lowest BCUT2D eigenvalue weighted by molar-refractivity contribution is -0.139. The molecule has 0 saturated carbocycles. The second-order valence-electron chi connectivity index (χ2n) is 8.80. The molecule has 0 radical (unpaired) electrons. The molecule has 1 N–H and O–H groups in total. The fourth-order valence-corrected chi connectivity index (χ4v) is 4.24. The van der Waals surface area contributed by atoms with E-state index in [1.807, 2.05) is 32.9 Å². The Morgan fingerprint density at radius 1 is 1.06 bits per heavy atom. The Bertz CT molecular complexity index is 1100. The van der Waals surface area contributed by atoms with Crippen molar-refractivity contribution in [3.63, 3.8) is 0 Å². The summed E-state index contributed by atoms with van der Waals surface area (Å²) in [4.78, 5) is 27.8. The van der Waals surface area contributed by atoms with Gasteiger partial charge in [0.2, 0.25) is 21.8 Å². The topological polar surface area (TPSA) is 96.0 Å². The van der Waals surface area contributed by atoms with E-state index in [2.05, 4.69) is 5.32 Å². The number of hydrogen-bond acceptors (Lipinski definition) is 5. The first kappa shape index (κ1) is 27.2. The molecule has 0 bridgehead atoms. The van der Waals surface area contributed by atoms with Crippen LogP contribution in [0.4, 0.5) is 5.69 Å². The highest BCUT2D eigenvalue weighted by atomic mass is 32.2. The van der Waals surface area contributed by atoms with Crippen molar-refractivity contribution in [2.75, 3.05) is 30.8 Å². The molecule has 0 aromatic heterocycles. The van der Waals surface area contributed by atoms with Crippen molar-refractivity contribution in [3.8, 4) is 5.75 Å². The standard InChI is InChI=1S/C25H35N3O5S/c1-18(2)15-26-25(30)20(4)27(16-21-10-8-12-23(14-21)33-5)24(29)17-28(34(6,31)32)22-11-7-9-19(3)13-22/h7-14,18,20H,15-17H2,1-6H3,(H,26,30). The van der Waals surface area contributed by atoms with Crippen molar-refractivity contribution in [2.24, 2.45) is 5.92 Å². The van der Waals surface area contributed by atoms with E-state index in [0.29, 0.717) is 18.0 Å². The van der Waals surface area contributed by atoms with E-state index in [4.69, 9.17) is 4.74 Å². The zero-order valence-corrected chi connectivity index (χ0v) is 21.6. The predicted octanol–water partition coefficient (Wildman–Crippen LogP) is 2.96. The largest absolute Gasteiger partial charge is 0.497 e. The van der Waals surface area contributed by atoms with Crippen molar-refractivity contribution < 1.29 is 22.7 Å². The number of anilines is 1. The van der Waals surface area contributed by atoms with Gasteiger partial charge in [-0.1, -0.05) is 38.1 Å². The molecule has 0 heterocycles. The van der Waals surface area contributed by atoms with Crippen LogP contribution in [0.25, 0.3) is 0 Å². The molecular weight excluding hydrogens is 454 g/mol. The minimum Gasteiger partial charge on any atom is -0.497 e. The molecular formula is C25H35N3O5S. The summed E-state index contributed by atoms with van der Waals surface area (Å²) in [6, 6.07) is 13.3. The predicted molar refractivity (Wildman–Crippen MR) is 134 cm³/mol. The van der Waals surface area contributed by atoms with Crippen molar-refractivity contribution in [2.45, 2.75) is 40.3 Å². The Balaban J connectivity index is 2.38. The van der Waals surface area contributed by atoms with Gasteiger partial charge in [-0.05, 0) is 55.2 Å². The average Bonchev–Trinajstić information content (AvgIpc) is 2.78. The molecule has 186 valence electrons. The normalized spacial score (nSPS) is 12.2. The zero-order valence-electron chi connectivity index (χ0n) is 20.7. The summed E-state index contributed by atoms with van der Waals surface area (Å²) in [5, 5.41) is 2.86. The summed E-state index contributed by atoms with van der Waals surface area (Å²) >= 11 is 0. The third-order valence-corrected chi connectivity index (χ3v) is 6.45. The lowest BCUT2D eigenvalue weighted by atomic mass is 10.1. The Kier molecular flexibility index (Phi) is 9.49. The number of aryl methyl sites for hydroxylation is 1. The maximum atomic E-state index is 13.5. The maximum absolute atomic E-state index is 13.5. The van der Waals surface area contributed by atoms with Crippen LogP contribution in [0.15, 0.2) is 48.5 Å². The number of hydrogen-bond donors (Lipinski definition) is 1. The number of nitrogens with one attached hydrogen (secondary N) is 1. The Morgan fingerprint density at radius 2 is 1.74 bits per heavy atom. The summed E-state index contributed by atoms with van der Waals surface area (Å²) in [6.45, 7) is 7.63. The molecule has 1 unspecified atom stereocenters. The van der Waals surface area contributed by atoms with E-state index < -0.39 is 28.5 Å². The number of carbonyl (C=O) groups excluding carboxylic acids is 2. The van der Waals surface area contributed by atoms with Gasteiger partial charge in [0.15, 0.2) is 0 Å². The molecule has 2 aromatic carbocycles. The van der Waals surface area contributed by atoms with E-state index in [1.54, 1.807) is 50.4 Å². The minimum atomic E-state index is -3.75. The van der Waals surface area contributed by atoms with E-state index in [-0.39, 0.29) is 18.4 Å². The first-order valence-corrected chi connectivity index (χ1v) is 13.0. The Hall–Kier alpha value is -3.07. The molecule has 34 heavy (non-hydrogen) atoms. The number of rotatable bonds is 11. The van der Waals surface area contributed by atoms with E-state index in [1.165, 1.54) is 4.90 Å². The van der Waals surface area contributed by atoms with Gasteiger partial charge in [-0.25, -0.2) is 8.42 Å². The maximum Gasteiger partial charge on any atom is 0.244 e. The molecule has 9 heteroatoms. The summed E-state index contributed by atoms with van der Waals surface area (Å²) in [6.07, 6.45) is 1.06. The summed E-state index contributed by atoms with van der Waals surface area (Å²) < 4.78 is 31.5. The quantitative estimate of drug-likeness (QED) is 0.524. The second kappa shape index (κ2) is 11.9. The van der Waals surface area contributed by atoms with Gasteiger partial charge < -0.3 is 15.0 Å². The summed E-state index contributed by atoms with van der Waals surface area (Å²) in [7, 11) is -2.20. The third-order valence-electron chi connectivity index (χ3n) is 5.31. The van der Waals surface area contributed by atoms with Crippen LogP contribution in [0, 0.1) is 12.8 Å². The number of carbonyl (C=O) groups is 2. The molecule has 0 fully saturated rings. The van der Waals surface area contributed by atoms with E-state index >= 15 is 0 Å². The molecule has 2 rings (SSSR count). The van der Waals surface area contributed by atoms with E-state index in [9.17, 15) is 18.0 Å². The van der Waals surface area contributed by atoms with Gasteiger partial charge in [0, 0.05) is 13.1 Å². The minimum absolute atomic E-state index is 0.123. The number of ether oxygens (including phenoxy) is 1. The Morgan fingerprint density at radius 3 is 2.32 bits per heavy atom. The van der Waals surface area contributed by atoms with Crippen molar-refractivity contribution in [1.82, 2.24) is 10.2 Å². The number of methoxy groups -OCH3 is 1. The molecule has 0 spiro atoms. The van der Waals surface area contributed by atoms with Crippen LogP contribution < -0.4 is 14.4 Å². The highest BCUT2D eigenvalue weighted by molar-refractivity contribution is 7.92. The van der Waals surface area contributed by atoms with Gasteiger partial charge in [-0.2, -0.15) is 0 Å². The first-order valence-electron chi connectivity index (χ1n) is 11.2. The van der Waals surface area contributed by atoms with Crippen LogP contribution >= 0.6 is 0 Å². The number of sulfonamides is 1. The van der Waals surface area contributed by atoms with E-state index in [0.717, 1.165) is 21.7 Å². The van der Waals surface area contributed by atoms with Gasteiger partial charge in [0.25, 0.3) is 0 Å². The van der Waals surface area contributed by atoms with Crippen LogP contribution in [0.2, 0.25) is 0 Å². The molecule has 8 nitrogen and oxygen atoms in total. The fourth-order valence-electron chi connectivity index (χ4n) is 3.40. The van der Waals surface area contributed by atoms with Gasteiger partial charge in [-0.15, -0.1) is 0 Å². The highest BCUT2D eigenvalue weighted by Gasteiger charge is 2.30. The van der Waals surface area contributed by atoms with Gasteiger partial charge >= 0.3 is 0 Å². The lowest BCUT2D eigenvalue weighted by Crippen LogP contribution is -2.51. The molecule has 1 atom stereocenters. The number of nitrogens with zero attached hydrogens (tertiary/aromatic N) is 2. The summed E-state index contributed by atoms with van der Waals surface area (Å²) in [5.41, 5.74) is 2.03. The molecule has 0 aliphatic carbocycles. The van der Waals surface area contributed by atoms with Crippen LogP contribution in [-0.4, -0.2) is 57.6 Å². The monoisotopic (exact) mass is 489 g/mol. The number of amides is 2. The zero-order chi connectivity index (χ0) is 25.5. The first-order chi connectivity index (χ1) is 15.9. The molecule has 2 amide bonds.